The largest absolute Gasteiger partial charge is 0.352 e. The second-order valence-electron chi connectivity index (χ2n) is 4.28. The smallest absolute Gasteiger partial charge is 0.251 e. The van der Waals surface area contributed by atoms with Crippen molar-refractivity contribution in [2.45, 2.75) is 12.8 Å². The van der Waals surface area contributed by atoms with Gasteiger partial charge in [0, 0.05) is 12.1 Å². The van der Waals surface area contributed by atoms with E-state index >= 15 is 0 Å². The van der Waals surface area contributed by atoms with Crippen LogP contribution in [0.1, 0.15) is 23.2 Å². The van der Waals surface area contributed by atoms with Crippen molar-refractivity contribution in [3.8, 4) is 0 Å². The number of amides is 1. The van der Waals surface area contributed by atoms with Crippen molar-refractivity contribution in [1.82, 2.24) is 10.2 Å². The zero-order valence-electron chi connectivity index (χ0n) is 10.4. The average Bonchev–Trinajstić information content (AvgIpc) is 2.28. The van der Waals surface area contributed by atoms with Crippen LogP contribution in [-0.2, 0) is 0 Å². The molecule has 0 radical (unpaired) electrons. The fourth-order valence-electron chi connectivity index (χ4n) is 1.49. The van der Waals surface area contributed by atoms with E-state index in [0.29, 0.717) is 12.1 Å². The Kier molecular flexibility index (Phi) is 5.63. The number of carbonyl (C=O) groups excluding carboxylic acids is 1. The summed E-state index contributed by atoms with van der Waals surface area (Å²) in [6, 6.07) is 5.72. The lowest BCUT2D eigenvalue weighted by Crippen LogP contribution is -2.25. The van der Waals surface area contributed by atoms with Gasteiger partial charge in [0.25, 0.3) is 5.91 Å². The molecule has 0 aromatic heterocycles. The second-order valence-corrected chi connectivity index (χ2v) is 4.28. The third kappa shape index (κ3) is 5.45. The number of hydrogen-bond donors (Lipinski definition) is 1. The standard InChI is InChI=1S/C13H19FN2O/c1-16(2)9-4-3-8-15-13(17)11-6-5-7-12(14)10-11/h5-7,10H,3-4,8-9H2,1-2H3,(H,15,17). The molecule has 0 saturated heterocycles. The Morgan fingerprint density at radius 2 is 2.12 bits per heavy atom. The molecule has 0 spiro atoms. The summed E-state index contributed by atoms with van der Waals surface area (Å²) < 4.78 is 12.9. The number of halogens is 1. The van der Waals surface area contributed by atoms with Crippen LogP contribution in [0, 0.1) is 5.82 Å². The number of unbranched alkanes of at least 4 members (excludes halogenated alkanes) is 1. The number of carbonyl (C=O) groups is 1. The van der Waals surface area contributed by atoms with E-state index in [1.54, 1.807) is 6.07 Å². The van der Waals surface area contributed by atoms with E-state index in [4.69, 9.17) is 0 Å². The first kappa shape index (κ1) is 13.6. The molecule has 0 aliphatic heterocycles. The number of nitrogens with one attached hydrogen (secondary N) is 1. The van der Waals surface area contributed by atoms with Crippen molar-refractivity contribution in [1.29, 1.82) is 0 Å². The molecule has 0 bridgehead atoms. The summed E-state index contributed by atoms with van der Waals surface area (Å²) in [5, 5.41) is 2.78. The van der Waals surface area contributed by atoms with Gasteiger partial charge in [-0.3, -0.25) is 4.79 Å². The predicted octanol–water partition coefficient (Wildman–Crippen LogP) is 1.90. The van der Waals surface area contributed by atoms with Crippen LogP contribution in [0.2, 0.25) is 0 Å². The Labute approximate surface area is 102 Å². The molecule has 0 heterocycles. The van der Waals surface area contributed by atoms with Gasteiger partial charge in [-0.05, 0) is 51.7 Å². The van der Waals surface area contributed by atoms with Crippen LogP contribution < -0.4 is 5.32 Å². The van der Waals surface area contributed by atoms with Gasteiger partial charge in [-0.25, -0.2) is 4.39 Å². The summed E-state index contributed by atoms with van der Waals surface area (Å²) in [5.74, 6) is -0.598. The van der Waals surface area contributed by atoms with E-state index in [-0.39, 0.29) is 11.7 Å². The average molecular weight is 238 g/mol. The number of rotatable bonds is 6. The van der Waals surface area contributed by atoms with Gasteiger partial charge in [-0.15, -0.1) is 0 Å². The maximum Gasteiger partial charge on any atom is 0.251 e. The molecule has 0 unspecified atom stereocenters. The minimum atomic E-state index is -0.384. The molecule has 4 heteroatoms. The minimum absolute atomic E-state index is 0.214. The van der Waals surface area contributed by atoms with Gasteiger partial charge in [0.15, 0.2) is 0 Å². The van der Waals surface area contributed by atoms with E-state index < -0.39 is 0 Å². The zero-order valence-corrected chi connectivity index (χ0v) is 10.4. The molecule has 0 aliphatic rings. The van der Waals surface area contributed by atoms with Gasteiger partial charge in [-0.1, -0.05) is 6.07 Å². The van der Waals surface area contributed by atoms with Crippen LogP contribution in [0.15, 0.2) is 24.3 Å². The van der Waals surface area contributed by atoms with Crippen molar-refractivity contribution in [3.05, 3.63) is 35.6 Å². The molecule has 0 aliphatic carbocycles. The summed E-state index contributed by atoms with van der Waals surface area (Å²) >= 11 is 0. The molecule has 1 N–H and O–H groups in total. The molecule has 1 amide bonds. The lowest BCUT2D eigenvalue weighted by molar-refractivity contribution is 0.0952. The monoisotopic (exact) mass is 238 g/mol. The van der Waals surface area contributed by atoms with E-state index in [2.05, 4.69) is 10.2 Å². The predicted molar refractivity (Wildman–Crippen MR) is 66.5 cm³/mol. The molecule has 0 fully saturated rings. The number of nitrogens with zero attached hydrogens (tertiary/aromatic N) is 1. The van der Waals surface area contributed by atoms with E-state index in [1.165, 1.54) is 18.2 Å². The van der Waals surface area contributed by atoms with Crippen LogP contribution in [0.25, 0.3) is 0 Å². The Balaban J connectivity index is 2.26. The Morgan fingerprint density at radius 1 is 1.35 bits per heavy atom. The van der Waals surface area contributed by atoms with Gasteiger partial charge < -0.3 is 10.2 Å². The first-order chi connectivity index (χ1) is 8.09. The van der Waals surface area contributed by atoms with Crippen LogP contribution in [0.3, 0.4) is 0 Å². The van der Waals surface area contributed by atoms with Gasteiger partial charge in [-0.2, -0.15) is 0 Å². The normalized spacial score (nSPS) is 10.6. The fraction of sp³-hybridized carbons (Fsp3) is 0.462. The van der Waals surface area contributed by atoms with Crippen LogP contribution >= 0.6 is 0 Å². The number of benzene rings is 1. The zero-order chi connectivity index (χ0) is 12.7. The summed E-state index contributed by atoms with van der Waals surface area (Å²) in [6.07, 6.45) is 1.97. The molecule has 1 aromatic rings. The third-order valence-corrected chi connectivity index (χ3v) is 2.40. The first-order valence-electron chi connectivity index (χ1n) is 5.78. The summed E-state index contributed by atoms with van der Waals surface area (Å²) in [4.78, 5) is 13.7. The summed E-state index contributed by atoms with van der Waals surface area (Å²) in [7, 11) is 4.04. The highest BCUT2D eigenvalue weighted by Gasteiger charge is 2.04. The van der Waals surface area contributed by atoms with Crippen LogP contribution in [0.4, 0.5) is 4.39 Å². The maximum absolute atomic E-state index is 12.9. The Hall–Kier alpha value is -1.42. The molecule has 1 aromatic carbocycles. The van der Waals surface area contributed by atoms with Crippen molar-refractivity contribution >= 4 is 5.91 Å². The molecular weight excluding hydrogens is 219 g/mol. The van der Waals surface area contributed by atoms with Crippen molar-refractivity contribution in [3.63, 3.8) is 0 Å². The molecule has 0 saturated carbocycles. The lowest BCUT2D eigenvalue weighted by Gasteiger charge is -2.09. The lowest BCUT2D eigenvalue weighted by atomic mass is 10.2. The minimum Gasteiger partial charge on any atom is -0.352 e. The third-order valence-electron chi connectivity index (χ3n) is 2.40. The van der Waals surface area contributed by atoms with Gasteiger partial charge in [0.2, 0.25) is 0 Å². The molecule has 17 heavy (non-hydrogen) atoms. The van der Waals surface area contributed by atoms with E-state index in [1.807, 2.05) is 14.1 Å². The Bertz CT molecular complexity index is 366. The Morgan fingerprint density at radius 3 is 2.76 bits per heavy atom. The van der Waals surface area contributed by atoms with E-state index in [9.17, 15) is 9.18 Å². The van der Waals surface area contributed by atoms with Crippen LogP contribution in [0.5, 0.6) is 0 Å². The van der Waals surface area contributed by atoms with Crippen molar-refractivity contribution in [2.75, 3.05) is 27.2 Å². The topological polar surface area (TPSA) is 32.3 Å². The molecule has 94 valence electrons. The van der Waals surface area contributed by atoms with Crippen LogP contribution in [-0.4, -0.2) is 38.0 Å². The maximum atomic E-state index is 12.9. The van der Waals surface area contributed by atoms with Crippen molar-refractivity contribution in [2.24, 2.45) is 0 Å². The summed E-state index contributed by atoms with van der Waals surface area (Å²) in [6.45, 7) is 1.64. The fourth-order valence-corrected chi connectivity index (χ4v) is 1.49. The number of hydrogen-bond acceptors (Lipinski definition) is 2. The summed E-state index contributed by atoms with van der Waals surface area (Å²) in [5.41, 5.74) is 0.373. The quantitative estimate of drug-likeness (QED) is 0.768. The molecule has 0 atom stereocenters. The second kappa shape index (κ2) is 7.01. The van der Waals surface area contributed by atoms with Gasteiger partial charge >= 0.3 is 0 Å². The highest BCUT2D eigenvalue weighted by atomic mass is 19.1. The molecular formula is C13H19FN2O. The van der Waals surface area contributed by atoms with Gasteiger partial charge in [0.1, 0.15) is 5.82 Å². The van der Waals surface area contributed by atoms with E-state index in [0.717, 1.165) is 19.4 Å². The first-order valence-corrected chi connectivity index (χ1v) is 5.78. The molecule has 3 nitrogen and oxygen atoms in total. The highest BCUT2D eigenvalue weighted by Crippen LogP contribution is 2.03. The van der Waals surface area contributed by atoms with Gasteiger partial charge in [0.05, 0.1) is 0 Å². The van der Waals surface area contributed by atoms with Crippen molar-refractivity contribution < 1.29 is 9.18 Å². The molecule has 1 rings (SSSR count). The SMILES string of the molecule is CN(C)CCCCNC(=O)c1cccc(F)c1. The highest BCUT2D eigenvalue weighted by molar-refractivity contribution is 5.94.